The number of hydrogen-bond donors (Lipinski definition) is 2. The molecule has 0 spiro atoms. The molecule has 6 nitrogen and oxygen atoms in total. The molecule has 150 valence electrons. The summed E-state index contributed by atoms with van der Waals surface area (Å²) >= 11 is 13.2. The Morgan fingerprint density at radius 1 is 1.03 bits per heavy atom. The van der Waals surface area contributed by atoms with Crippen LogP contribution < -0.4 is 10.1 Å². The fourth-order valence-electron chi connectivity index (χ4n) is 2.41. The van der Waals surface area contributed by atoms with Gasteiger partial charge in [0.05, 0.1) is 17.0 Å². The van der Waals surface area contributed by atoms with Gasteiger partial charge >= 0.3 is 0 Å². The van der Waals surface area contributed by atoms with E-state index >= 15 is 0 Å². The molecule has 2 aromatic carbocycles. The highest BCUT2D eigenvalue weighted by Crippen LogP contribution is 2.23. The van der Waals surface area contributed by atoms with Crippen molar-refractivity contribution in [1.29, 1.82) is 0 Å². The van der Waals surface area contributed by atoms with E-state index in [2.05, 4.69) is 15.2 Å². The fraction of sp³-hybridized carbons (Fsp3) is 0.0526. The lowest BCUT2D eigenvalue weighted by Gasteiger charge is -2.11. The number of hydrazone groups is 1. The summed E-state index contributed by atoms with van der Waals surface area (Å²) in [6.45, 7) is 1.67. The van der Waals surface area contributed by atoms with Crippen LogP contribution in [0.15, 0.2) is 69.3 Å². The Balaban J connectivity index is 1.83. The van der Waals surface area contributed by atoms with Crippen LogP contribution in [0, 0.1) is 0 Å². The molecule has 29 heavy (non-hydrogen) atoms. The Hall–Kier alpha value is -2.39. The summed E-state index contributed by atoms with van der Waals surface area (Å²) in [5, 5.41) is 6.64. The molecule has 1 amide bonds. The van der Waals surface area contributed by atoms with Gasteiger partial charge in [0.2, 0.25) is 0 Å². The lowest BCUT2D eigenvalue weighted by molar-refractivity contribution is 0.0955. The van der Waals surface area contributed by atoms with Crippen LogP contribution in [0.2, 0.25) is 10.0 Å². The molecule has 1 heterocycles. The largest absolute Gasteiger partial charge is 0.278 e. The van der Waals surface area contributed by atoms with E-state index < -0.39 is 15.9 Å². The zero-order valence-electron chi connectivity index (χ0n) is 15.0. The van der Waals surface area contributed by atoms with Crippen molar-refractivity contribution in [2.45, 2.75) is 11.1 Å². The van der Waals surface area contributed by atoms with Crippen molar-refractivity contribution in [3.05, 3.63) is 81.1 Å². The van der Waals surface area contributed by atoms with Gasteiger partial charge in [0, 0.05) is 15.6 Å². The molecule has 3 rings (SSSR count). The minimum atomic E-state index is -3.79. The highest BCUT2D eigenvalue weighted by molar-refractivity contribution is 7.94. The number of amides is 1. The van der Waals surface area contributed by atoms with E-state index in [1.54, 1.807) is 48.7 Å². The summed E-state index contributed by atoms with van der Waals surface area (Å²) in [7, 11) is -3.79. The molecule has 0 radical (unpaired) electrons. The van der Waals surface area contributed by atoms with Crippen molar-refractivity contribution < 1.29 is 13.2 Å². The predicted octanol–water partition coefficient (Wildman–Crippen LogP) is 5.01. The second-order valence-corrected chi connectivity index (χ2v) is 9.55. The quantitative estimate of drug-likeness (QED) is 0.394. The van der Waals surface area contributed by atoms with E-state index in [1.165, 1.54) is 18.2 Å². The van der Waals surface area contributed by atoms with E-state index in [4.69, 9.17) is 23.2 Å². The van der Waals surface area contributed by atoms with Crippen molar-refractivity contribution in [1.82, 2.24) is 5.43 Å². The average molecular weight is 468 g/mol. The van der Waals surface area contributed by atoms with E-state index in [0.29, 0.717) is 21.3 Å². The molecule has 0 unspecified atom stereocenters. The normalized spacial score (nSPS) is 11.9. The number of anilines is 1. The molecule has 10 heteroatoms. The van der Waals surface area contributed by atoms with E-state index in [0.717, 1.165) is 11.3 Å². The van der Waals surface area contributed by atoms with Crippen molar-refractivity contribution in [3.63, 3.8) is 0 Å². The number of carbonyl (C=O) groups excluding carboxylic acids is 1. The number of sulfonamides is 1. The Morgan fingerprint density at radius 2 is 1.79 bits per heavy atom. The zero-order valence-corrected chi connectivity index (χ0v) is 18.2. The molecule has 0 saturated heterocycles. The second-order valence-electron chi connectivity index (χ2n) is 5.85. The number of thiophene rings is 1. The molecule has 0 aliphatic carbocycles. The minimum absolute atomic E-state index is 0.126. The minimum Gasteiger partial charge on any atom is -0.278 e. The van der Waals surface area contributed by atoms with Gasteiger partial charge in [-0.05, 0) is 48.7 Å². The zero-order chi connectivity index (χ0) is 21.0. The van der Waals surface area contributed by atoms with Gasteiger partial charge < -0.3 is 0 Å². The number of para-hydroxylation sites is 1. The lowest BCUT2D eigenvalue weighted by Crippen LogP contribution is -2.22. The van der Waals surface area contributed by atoms with Crippen molar-refractivity contribution >= 4 is 61.9 Å². The lowest BCUT2D eigenvalue weighted by atomic mass is 10.1. The van der Waals surface area contributed by atoms with Gasteiger partial charge in [0.15, 0.2) is 0 Å². The van der Waals surface area contributed by atoms with Gasteiger partial charge in [-0.25, -0.2) is 13.8 Å². The number of rotatable bonds is 6. The number of halogens is 2. The summed E-state index contributed by atoms with van der Waals surface area (Å²) in [4.78, 5) is 12.6. The molecule has 2 N–H and O–H groups in total. The molecular weight excluding hydrogens is 453 g/mol. The molecule has 0 saturated carbocycles. The molecule has 3 aromatic rings. The van der Waals surface area contributed by atoms with Gasteiger partial charge in [-0.3, -0.25) is 9.52 Å². The van der Waals surface area contributed by atoms with Crippen LogP contribution in [0.1, 0.15) is 22.8 Å². The van der Waals surface area contributed by atoms with Crippen LogP contribution in [-0.4, -0.2) is 20.0 Å². The van der Waals surface area contributed by atoms with Crippen molar-refractivity contribution in [3.8, 4) is 0 Å². The predicted molar refractivity (Wildman–Crippen MR) is 118 cm³/mol. The monoisotopic (exact) mass is 467 g/mol. The standard InChI is InChI=1S/C19H15Cl2N3O3S2/c1-12(15-11-13(20)8-9-16(15)21)22-23-19(25)14-5-2-3-6-17(14)24-29(26,27)18-7-4-10-28-18/h2-11,24H,1H3,(H,23,25)/b22-12+. The summed E-state index contributed by atoms with van der Waals surface area (Å²) in [6.07, 6.45) is 0. The third-order valence-corrected chi connectivity index (χ3v) is 7.15. The number of benzene rings is 2. The molecular formula is C19H15Cl2N3O3S2. The van der Waals surface area contributed by atoms with Gasteiger partial charge in [-0.15, -0.1) is 11.3 Å². The molecule has 0 bridgehead atoms. The number of hydrogen-bond acceptors (Lipinski definition) is 5. The second kappa shape index (κ2) is 8.96. The third kappa shape index (κ3) is 5.16. The van der Waals surface area contributed by atoms with Gasteiger partial charge in [0.1, 0.15) is 4.21 Å². The van der Waals surface area contributed by atoms with Gasteiger partial charge in [-0.2, -0.15) is 5.10 Å². The first kappa shape index (κ1) is 21.3. The molecule has 0 aliphatic rings. The van der Waals surface area contributed by atoms with Crippen molar-refractivity contribution in [2.75, 3.05) is 4.72 Å². The summed E-state index contributed by atoms with van der Waals surface area (Å²) in [5.41, 5.74) is 3.71. The first-order valence-corrected chi connectivity index (χ1v) is 11.4. The van der Waals surface area contributed by atoms with Crippen LogP contribution in [0.5, 0.6) is 0 Å². The maximum atomic E-state index is 12.6. The van der Waals surface area contributed by atoms with Gasteiger partial charge in [0.25, 0.3) is 15.9 Å². The highest BCUT2D eigenvalue weighted by atomic mass is 35.5. The summed E-state index contributed by atoms with van der Waals surface area (Å²) in [5.74, 6) is -0.577. The van der Waals surface area contributed by atoms with Crippen molar-refractivity contribution in [2.24, 2.45) is 5.10 Å². The fourth-order valence-corrected chi connectivity index (χ4v) is 4.91. The first-order valence-electron chi connectivity index (χ1n) is 8.23. The van der Waals surface area contributed by atoms with E-state index in [-0.39, 0.29) is 15.5 Å². The maximum absolute atomic E-state index is 12.6. The highest BCUT2D eigenvalue weighted by Gasteiger charge is 2.19. The smallest absolute Gasteiger partial charge is 0.273 e. The van der Waals surface area contributed by atoms with Crippen LogP contribution in [0.3, 0.4) is 0 Å². The molecule has 0 aliphatic heterocycles. The van der Waals surface area contributed by atoms with Crippen LogP contribution in [0.4, 0.5) is 5.69 Å². The third-order valence-electron chi connectivity index (χ3n) is 3.82. The van der Waals surface area contributed by atoms with E-state index in [9.17, 15) is 13.2 Å². The summed E-state index contributed by atoms with van der Waals surface area (Å²) in [6, 6.07) is 14.3. The Kier molecular flexibility index (Phi) is 6.59. The Morgan fingerprint density at radius 3 is 2.52 bits per heavy atom. The van der Waals surface area contributed by atoms with Crippen LogP contribution in [-0.2, 0) is 10.0 Å². The van der Waals surface area contributed by atoms with Crippen LogP contribution in [0.25, 0.3) is 0 Å². The molecule has 1 aromatic heterocycles. The first-order chi connectivity index (χ1) is 13.8. The SMILES string of the molecule is C/C(=N\NC(=O)c1ccccc1NS(=O)(=O)c1cccs1)c1cc(Cl)ccc1Cl. The van der Waals surface area contributed by atoms with E-state index in [1.807, 2.05) is 0 Å². The topological polar surface area (TPSA) is 87.6 Å². The summed E-state index contributed by atoms with van der Waals surface area (Å²) < 4.78 is 27.5. The number of nitrogens with one attached hydrogen (secondary N) is 2. The number of carbonyl (C=O) groups is 1. The maximum Gasteiger partial charge on any atom is 0.273 e. The molecule has 0 fully saturated rings. The Bertz CT molecular complexity index is 1180. The number of nitrogens with zero attached hydrogens (tertiary/aromatic N) is 1. The van der Waals surface area contributed by atoms with Crippen LogP contribution >= 0.6 is 34.5 Å². The van der Waals surface area contributed by atoms with Gasteiger partial charge in [-0.1, -0.05) is 41.4 Å². The average Bonchev–Trinajstić information content (AvgIpc) is 3.24. The molecule has 0 atom stereocenters. The Labute approximate surface area is 182 Å².